The molecule has 0 unspecified atom stereocenters. The third-order valence-corrected chi connectivity index (χ3v) is 2.16. The number of nitrogens with zero attached hydrogens (tertiary/aromatic N) is 2. The predicted octanol–water partition coefficient (Wildman–Crippen LogP) is 0.705. The Morgan fingerprint density at radius 2 is 2.25 bits per heavy atom. The van der Waals surface area contributed by atoms with Crippen molar-refractivity contribution >= 4 is 5.91 Å². The van der Waals surface area contributed by atoms with Gasteiger partial charge in [0.15, 0.2) is 0 Å². The van der Waals surface area contributed by atoms with Crippen molar-refractivity contribution in [1.29, 1.82) is 0 Å². The number of hydrogen-bond donors (Lipinski definition) is 2. The molecule has 0 aliphatic rings. The summed E-state index contributed by atoms with van der Waals surface area (Å²) in [5.41, 5.74) is 5.45. The Morgan fingerprint density at radius 1 is 1.62 bits per heavy atom. The van der Waals surface area contributed by atoms with Crippen molar-refractivity contribution in [2.75, 3.05) is 0 Å². The summed E-state index contributed by atoms with van der Waals surface area (Å²) in [6, 6.07) is 1.65. The van der Waals surface area contributed by atoms with Gasteiger partial charge in [0.25, 0.3) is 5.91 Å². The van der Waals surface area contributed by atoms with Gasteiger partial charge in [-0.3, -0.25) is 9.48 Å². The molecule has 0 aliphatic heterocycles. The third-order valence-electron chi connectivity index (χ3n) is 2.16. The van der Waals surface area contributed by atoms with Gasteiger partial charge in [0.2, 0.25) is 0 Å². The Balaban J connectivity index is 3.00. The maximum absolute atomic E-state index is 11.0. The zero-order chi connectivity index (χ0) is 12.3. The molecule has 1 amide bonds. The van der Waals surface area contributed by atoms with Gasteiger partial charge in [-0.25, -0.2) is 0 Å². The number of rotatable bonds is 5. The van der Waals surface area contributed by atoms with Gasteiger partial charge in [-0.2, -0.15) is 5.10 Å². The molecule has 3 N–H and O–H groups in total. The minimum atomic E-state index is -0.819. The van der Waals surface area contributed by atoms with Crippen LogP contribution >= 0.6 is 0 Å². The molecule has 5 heteroatoms. The highest BCUT2D eigenvalue weighted by atomic mass is 16.3. The number of carbonyl (C=O) groups excluding carboxylic acids is 1. The van der Waals surface area contributed by atoms with Crippen LogP contribution in [-0.2, 0) is 13.0 Å². The summed E-state index contributed by atoms with van der Waals surface area (Å²) >= 11 is 0. The number of hydrogen-bond acceptors (Lipinski definition) is 3. The second-order valence-corrected chi connectivity index (χ2v) is 4.60. The summed E-state index contributed by atoms with van der Waals surface area (Å²) < 4.78 is 1.73. The fourth-order valence-electron chi connectivity index (χ4n) is 1.57. The number of aryl methyl sites for hydroxylation is 1. The molecule has 0 saturated carbocycles. The Bertz CT molecular complexity index is 377. The fraction of sp³-hybridized carbons (Fsp3) is 0.636. The zero-order valence-electron chi connectivity index (χ0n) is 10.0. The molecule has 16 heavy (non-hydrogen) atoms. The number of amides is 1. The van der Waals surface area contributed by atoms with Crippen LogP contribution in [0.1, 0.15) is 43.4 Å². The molecule has 0 saturated heterocycles. The van der Waals surface area contributed by atoms with Crippen LogP contribution in [0.15, 0.2) is 6.07 Å². The first-order chi connectivity index (χ1) is 7.33. The molecule has 1 rings (SSSR count). The number of aliphatic hydroxyl groups is 1. The van der Waals surface area contributed by atoms with E-state index in [1.807, 2.05) is 6.92 Å². The van der Waals surface area contributed by atoms with E-state index in [0.717, 1.165) is 18.7 Å². The molecular formula is C11H19N3O2. The van der Waals surface area contributed by atoms with Gasteiger partial charge in [-0.1, -0.05) is 6.92 Å². The van der Waals surface area contributed by atoms with Crippen molar-refractivity contribution in [3.8, 4) is 0 Å². The average molecular weight is 225 g/mol. The lowest BCUT2D eigenvalue weighted by Gasteiger charge is -2.17. The molecule has 0 atom stereocenters. The summed E-state index contributed by atoms with van der Waals surface area (Å²) in [6.07, 6.45) is 1.37. The van der Waals surface area contributed by atoms with Crippen molar-refractivity contribution in [2.45, 2.75) is 45.8 Å². The Labute approximate surface area is 95.3 Å². The maximum Gasteiger partial charge on any atom is 0.269 e. The number of primary amides is 1. The summed E-state index contributed by atoms with van der Waals surface area (Å²) in [5, 5.41) is 13.9. The van der Waals surface area contributed by atoms with Crippen LogP contribution < -0.4 is 5.73 Å². The van der Waals surface area contributed by atoms with E-state index in [1.165, 1.54) is 0 Å². The van der Waals surface area contributed by atoms with Crippen molar-refractivity contribution in [3.05, 3.63) is 17.5 Å². The first kappa shape index (κ1) is 12.7. The van der Waals surface area contributed by atoms with E-state index in [1.54, 1.807) is 24.6 Å². The quantitative estimate of drug-likeness (QED) is 0.774. The van der Waals surface area contributed by atoms with Crippen LogP contribution in [0, 0.1) is 0 Å². The summed E-state index contributed by atoms with van der Waals surface area (Å²) in [4.78, 5) is 11.0. The highest BCUT2D eigenvalue weighted by molar-refractivity contribution is 5.90. The topological polar surface area (TPSA) is 81.1 Å². The van der Waals surface area contributed by atoms with Crippen molar-refractivity contribution in [2.24, 2.45) is 5.73 Å². The van der Waals surface area contributed by atoms with E-state index in [4.69, 9.17) is 5.73 Å². The van der Waals surface area contributed by atoms with E-state index in [9.17, 15) is 9.90 Å². The van der Waals surface area contributed by atoms with Gasteiger partial charge in [-0.15, -0.1) is 0 Å². The van der Waals surface area contributed by atoms with Crippen LogP contribution in [0.2, 0.25) is 0 Å². The molecule has 5 nitrogen and oxygen atoms in total. The van der Waals surface area contributed by atoms with Crippen LogP contribution in [0.3, 0.4) is 0 Å². The molecule has 0 aliphatic carbocycles. The molecular weight excluding hydrogens is 206 g/mol. The van der Waals surface area contributed by atoms with Gasteiger partial charge in [0, 0.05) is 18.7 Å². The van der Waals surface area contributed by atoms with E-state index < -0.39 is 11.5 Å². The van der Waals surface area contributed by atoms with Gasteiger partial charge in [0.1, 0.15) is 5.69 Å². The van der Waals surface area contributed by atoms with Crippen LogP contribution in [-0.4, -0.2) is 26.4 Å². The first-order valence-electron chi connectivity index (χ1n) is 5.42. The lowest BCUT2D eigenvalue weighted by atomic mass is 10.0. The van der Waals surface area contributed by atoms with Crippen LogP contribution in [0.25, 0.3) is 0 Å². The first-order valence-corrected chi connectivity index (χ1v) is 5.42. The molecule has 0 aromatic carbocycles. The average Bonchev–Trinajstić information content (AvgIpc) is 2.47. The Kier molecular flexibility index (Phi) is 3.70. The van der Waals surface area contributed by atoms with Crippen molar-refractivity contribution in [1.82, 2.24) is 9.78 Å². The van der Waals surface area contributed by atoms with Crippen molar-refractivity contribution < 1.29 is 9.90 Å². The highest BCUT2D eigenvalue weighted by Gasteiger charge is 2.19. The number of nitrogens with two attached hydrogens (primary N) is 1. The lowest BCUT2D eigenvalue weighted by molar-refractivity contribution is 0.0785. The standard InChI is InChI=1S/C11H19N3O2/c1-4-5-14-8(7-11(2,3)16)6-9(13-14)10(12)15/h6,16H,4-5,7H2,1-3H3,(H2,12,15). The zero-order valence-corrected chi connectivity index (χ0v) is 10.0. The Morgan fingerprint density at radius 3 is 2.69 bits per heavy atom. The SMILES string of the molecule is CCCn1nc(C(N)=O)cc1CC(C)(C)O. The van der Waals surface area contributed by atoms with Gasteiger partial charge in [0.05, 0.1) is 5.60 Å². The lowest BCUT2D eigenvalue weighted by Crippen LogP contribution is -2.24. The van der Waals surface area contributed by atoms with Crippen LogP contribution in [0.4, 0.5) is 0 Å². The molecule has 1 aromatic heterocycles. The Hall–Kier alpha value is -1.36. The molecule has 1 aromatic rings. The van der Waals surface area contributed by atoms with Crippen LogP contribution in [0.5, 0.6) is 0 Å². The molecule has 0 bridgehead atoms. The summed E-state index contributed by atoms with van der Waals surface area (Å²) in [6.45, 7) is 6.19. The number of aromatic nitrogens is 2. The van der Waals surface area contributed by atoms with Crippen molar-refractivity contribution in [3.63, 3.8) is 0 Å². The van der Waals surface area contributed by atoms with Gasteiger partial charge in [-0.05, 0) is 26.3 Å². The molecule has 0 radical (unpaired) electrons. The third kappa shape index (κ3) is 3.34. The van der Waals surface area contributed by atoms with E-state index in [2.05, 4.69) is 5.10 Å². The summed E-state index contributed by atoms with van der Waals surface area (Å²) in [5.74, 6) is -0.535. The minimum absolute atomic E-state index is 0.257. The van der Waals surface area contributed by atoms with E-state index in [0.29, 0.717) is 6.42 Å². The molecule has 0 fully saturated rings. The number of carbonyl (C=O) groups is 1. The minimum Gasteiger partial charge on any atom is -0.390 e. The smallest absolute Gasteiger partial charge is 0.269 e. The largest absolute Gasteiger partial charge is 0.390 e. The second kappa shape index (κ2) is 4.65. The maximum atomic E-state index is 11.0. The molecule has 90 valence electrons. The van der Waals surface area contributed by atoms with E-state index >= 15 is 0 Å². The molecule has 1 heterocycles. The fourth-order valence-corrected chi connectivity index (χ4v) is 1.57. The van der Waals surface area contributed by atoms with E-state index in [-0.39, 0.29) is 5.69 Å². The molecule has 0 spiro atoms. The monoisotopic (exact) mass is 225 g/mol. The highest BCUT2D eigenvalue weighted by Crippen LogP contribution is 2.14. The van der Waals surface area contributed by atoms with Gasteiger partial charge < -0.3 is 10.8 Å². The second-order valence-electron chi connectivity index (χ2n) is 4.60. The normalized spacial score (nSPS) is 11.8. The predicted molar refractivity (Wildman–Crippen MR) is 61.0 cm³/mol. The summed E-state index contributed by atoms with van der Waals surface area (Å²) in [7, 11) is 0. The van der Waals surface area contributed by atoms with Gasteiger partial charge >= 0.3 is 0 Å².